The molecule has 50 valence electrons. The lowest BCUT2D eigenvalue weighted by molar-refractivity contribution is 0.600. The van der Waals surface area contributed by atoms with Crippen LogP contribution in [0.5, 0.6) is 0 Å². The minimum atomic E-state index is -0.941. The summed E-state index contributed by atoms with van der Waals surface area (Å²) in [6, 6.07) is 3.71. The van der Waals surface area contributed by atoms with Gasteiger partial charge in [0.05, 0.1) is 6.20 Å². The third kappa shape index (κ3) is 0.716. The molecule has 0 aromatic carbocycles. The van der Waals surface area contributed by atoms with Crippen LogP contribution in [0, 0.1) is 0 Å². The van der Waals surface area contributed by atoms with Crippen molar-refractivity contribution in [3.63, 3.8) is 0 Å². The molecule has 3 heteroatoms. The van der Waals surface area contributed by atoms with Crippen molar-refractivity contribution >= 4 is 20.8 Å². The highest BCUT2D eigenvalue weighted by atomic mass is 32.2. The van der Waals surface area contributed by atoms with Gasteiger partial charge in [0.1, 0.15) is 5.38 Å². The Kier molecular flexibility index (Phi) is 1.19. The molecule has 0 saturated carbocycles. The molecule has 0 saturated heterocycles. The number of thiophene rings is 1. The van der Waals surface area contributed by atoms with Gasteiger partial charge in [0.2, 0.25) is 0 Å². The summed E-state index contributed by atoms with van der Waals surface area (Å²) < 4.78 is 11.9. The number of hydrogen-bond acceptors (Lipinski definition) is 2. The molecule has 1 atom stereocenters. The van der Waals surface area contributed by atoms with Crippen LogP contribution in [0.2, 0.25) is 0 Å². The number of hydrogen-bond donors (Lipinski definition) is 0. The van der Waals surface area contributed by atoms with Crippen molar-refractivity contribution in [2.45, 2.75) is 0 Å². The van der Waals surface area contributed by atoms with Gasteiger partial charge in [0, 0.05) is 17.6 Å². The van der Waals surface area contributed by atoms with Crippen LogP contribution in [0.1, 0.15) is 0 Å². The summed E-state index contributed by atoms with van der Waals surface area (Å²) in [7, 11) is -0.941. The van der Waals surface area contributed by atoms with Gasteiger partial charge in [0.15, 0.2) is 4.70 Å². The van der Waals surface area contributed by atoms with E-state index in [9.17, 15) is 4.55 Å². The summed E-state index contributed by atoms with van der Waals surface area (Å²) in [4.78, 5) is 3.87. The SMILES string of the molecule is [O-][s+]1ccc2ccncc21. The topological polar surface area (TPSA) is 36.0 Å². The monoisotopic (exact) mass is 151 g/mol. The Morgan fingerprint density at radius 1 is 1.40 bits per heavy atom. The van der Waals surface area contributed by atoms with Crippen LogP contribution >= 0.6 is 10.8 Å². The Labute approximate surface area is 60.9 Å². The van der Waals surface area contributed by atoms with E-state index in [1.165, 1.54) is 0 Å². The lowest BCUT2D eigenvalue weighted by atomic mass is 10.3. The number of rotatable bonds is 0. The molecule has 2 nitrogen and oxygen atoms in total. The molecular formula is C7H5NOS. The summed E-state index contributed by atoms with van der Waals surface area (Å²) in [5.41, 5.74) is 0. The van der Waals surface area contributed by atoms with Gasteiger partial charge >= 0.3 is 0 Å². The van der Waals surface area contributed by atoms with E-state index in [4.69, 9.17) is 0 Å². The van der Waals surface area contributed by atoms with E-state index in [2.05, 4.69) is 4.98 Å². The second-order valence-corrected chi connectivity index (χ2v) is 3.32. The van der Waals surface area contributed by atoms with E-state index in [1.807, 2.05) is 12.1 Å². The molecule has 1 unspecified atom stereocenters. The van der Waals surface area contributed by atoms with Crippen LogP contribution < -0.4 is 0 Å². The predicted octanol–water partition coefficient (Wildman–Crippen LogP) is 1.96. The van der Waals surface area contributed by atoms with Crippen molar-refractivity contribution in [3.8, 4) is 0 Å². The van der Waals surface area contributed by atoms with Gasteiger partial charge in [0.25, 0.3) is 0 Å². The normalized spacial score (nSPS) is 12.3. The molecule has 0 spiro atoms. The minimum absolute atomic E-state index is 0.822. The van der Waals surface area contributed by atoms with Crippen LogP contribution in [-0.2, 0) is 0 Å². The highest BCUT2D eigenvalue weighted by Gasteiger charge is 2.01. The van der Waals surface area contributed by atoms with Crippen LogP contribution in [0.3, 0.4) is 0 Å². The molecular weight excluding hydrogens is 146 g/mol. The third-order valence-electron chi connectivity index (χ3n) is 1.40. The molecule has 2 aromatic heterocycles. The minimum Gasteiger partial charge on any atom is -0.590 e. The molecule has 0 radical (unpaired) electrons. The van der Waals surface area contributed by atoms with Gasteiger partial charge in [-0.25, -0.2) is 0 Å². The fraction of sp³-hybridized carbons (Fsp3) is 0. The summed E-state index contributed by atoms with van der Waals surface area (Å²) in [6.45, 7) is 0. The number of aromatic nitrogens is 1. The maximum absolute atomic E-state index is 11.0. The molecule has 2 rings (SSSR count). The lowest BCUT2D eigenvalue weighted by Crippen LogP contribution is -1.66. The van der Waals surface area contributed by atoms with Gasteiger partial charge in [-0.15, -0.1) is 0 Å². The van der Waals surface area contributed by atoms with Gasteiger partial charge in [-0.1, -0.05) is 0 Å². The van der Waals surface area contributed by atoms with Gasteiger partial charge < -0.3 is 4.55 Å². The van der Waals surface area contributed by atoms with Crippen molar-refractivity contribution < 1.29 is 4.55 Å². The van der Waals surface area contributed by atoms with Crippen molar-refractivity contribution in [2.75, 3.05) is 0 Å². The van der Waals surface area contributed by atoms with Crippen LogP contribution in [0.25, 0.3) is 10.1 Å². The summed E-state index contributed by atoms with van der Waals surface area (Å²) in [5.74, 6) is 0. The molecule has 0 aliphatic rings. The highest BCUT2D eigenvalue weighted by molar-refractivity contribution is 7.30. The summed E-state index contributed by atoms with van der Waals surface area (Å²) in [6.07, 6.45) is 3.34. The molecule has 0 amide bonds. The van der Waals surface area contributed by atoms with Crippen LogP contribution in [0.15, 0.2) is 29.9 Å². The molecule has 0 fully saturated rings. The standard InChI is InChI=1S/C7H5NOS/c9-10-4-2-6-1-3-8-5-7(6)10/h1-5H. The maximum Gasteiger partial charge on any atom is 0.197 e. The molecule has 10 heavy (non-hydrogen) atoms. The Morgan fingerprint density at radius 3 is 3.10 bits per heavy atom. The largest absolute Gasteiger partial charge is 0.590 e. The fourth-order valence-electron chi connectivity index (χ4n) is 0.905. The smallest absolute Gasteiger partial charge is 0.197 e. The molecule has 0 bridgehead atoms. The van der Waals surface area contributed by atoms with Gasteiger partial charge in [-0.3, -0.25) is 4.98 Å². The first-order chi connectivity index (χ1) is 4.88. The fourth-order valence-corrected chi connectivity index (χ4v) is 1.85. The van der Waals surface area contributed by atoms with E-state index >= 15 is 0 Å². The number of nitrogens with zero attached hydrogens (tertiary/aromatic N) is 1. The first kappa shape index (κ1) is 5.82. The summed E-state index contributed by atoms with van der Waals surface area (Å²) in [5, 5.41) is 2.69. The zero-order chi connectivity index (χ0) is 6.97. The molecule has 2 aromatic rings. The van der Waals surface area contributed by atoms with E-state index in [0.717, 1.165) is 10.1 Å². The Morgan fingerprint density at radius 2 is 2.30 bits per heavy atom. The number of fused-ring (bicyclic) bond motifs is 1. The van der Waals surface area contributed by atoms with Crippen LogP contribution in [-0.4, -0.2) is 9.54 Å². The molecule has 0 aliphatic carbocycles. The van der Waals surface area contributed by atoms with Crippen LogP contribution in [0.4, 0.5) is 0 Å². The number of pyridine rings is 1. The van der Waals surface area contributed by atoms with Gasteiger partial charge in [-0.2, -0.15) is 0 Å². The van der Waals surface area contributed by atoms with Gasteiger partial charge in [-0.05, 0) is 16.8 Å². The van der Waals surface area contributed by atoms with Crippen molar-refractivity contribution in [2.24, 2.45) is 0 Å². The molecule has 0 aliphatic heterocycles. The Bertz CT molecular complexity index is 355. The predicted molar refractivity (Wildman–Crippen MR) is 40.4 cm³/mol. The zero-order valence-corrected chi connectivity index (χ0v) is 5.97. The van der Waals surface area contributed by atoms with E-state index < -0.39 is 10.8 Å². The highest BCUT2D eigenvalue weighted by Crippen LogP contribution is 2.26. The quantitative estimate of drug-likeness (QED) is 0.539. The second kappa shape index (κ2) is 2.04. The first-order valence-electron chi connectivity index (χ1n) is 2.91. The Hall–Kier alpha value is -0.930. The average molecular weight is 151 g/mol. The molecule has 2 heterocycles. The van der Waals surface area contributed by atoms with E-state index in [1.54, 1.807) is 17.8 Å². The Balaban J connectivity index is 2.93. The first-order valence-corrected chi connectivity index (χ1v) is 4.12. The maximum atomic E-state index is 11.0. The average Bonchev–Trinajstić information content (AvgIpc) is 2.34. The molecule has 0 N–H and O–H groups in total. The summed E-state index contributed by atoms with van der Waals surface area (Å²) >= 11 is 0. The third-order valence-corrected chi connectivity index (χ3v) is 2.56. The van der Waals surface area contributed by atoms with Crippen molar-refractivity contribution in [1.29, 1.82) is 0 Å². The zero-order valence-electron chi connectivity index (χ0n) is 5.15. The van der Waals surface area contributed by atoms with E-state index in [-0.39, 0.29) is 0 Å². The van der Waals surface area contributed by atoms with Crippen molar-refractivity contribution in [1.82, 2.24) is 4.98 Å². The van der Waals surface area contributed by atoms with E-state index in [0.29, 0.717) is 0 Å². The lowest BCUT2D eigenvalue weighted by Gasteiger charge is -1.86. The van der Waals surface area contributed by atoms with Crippen molar-refractivity contribution in [3.05, 3.63) is 29.9 Å². The second-order valence-electron chi connectivity index (χ2n) is 2.01.